The second-order valence-corrected chi connectivity index (χ2v) is 8.74. The van der Waals surface area contributed by atoms with Crippen LogP contribution in [0.15, 0.2) is 0 Å². The Hall–Kier alpha value is -0.600. The van der Waals surface area contributed by atoms with E-state index in [9.17, 15) is 40.9 Å². The van der Waals surface area contributed by atoms with Gasteiger partial charge < -0.3 is 74.0 Å². The van der Waals surface area contributed by atoms with Gasteiger partial charge in [-0.2, -0.15) is 0 Å². The highest BCUT2D eigenvalue weighted by Crippen LogP contribution is 2.33. The molecule has 206 valence electrons. The highest BCUT2D eigenvalue weighted by Gasteiger charge is 2.53. The van der Waals surface area contributed by atoms with Crippen LogP contribution in [0.5, 0.6) is 0 Å². The maximum atomic E-state index is 10.9. The van der Waals surface area contributed by atoms with Gasteiger partial charge in [0.1, 0.15) is 67.1 Å². The van der Waals surface area contributed by atoms with Crippen molar-refractivity contribution in [2.45, 2.75) is 99.0 Å². The summed E-state index contributed by atoms with van der Waals surface area (Å²) in [4.78, 5) is 0. The topological polar surface area (TPSA) is 226 Å². The average Bonchev–Trinajstić information content (AvgIpc) is 2.83. The van der Waals surface area contributed by atoms with Gasteiger partial charge >= 0.3 is 0 Å². The first kappa shape index (κ1) is 29.0. The van der Waals surface area contributed by atoms with Crippen LogP contribution in [0, 0.1) is 0 Å². The van der Waals surface area contributed by atoms with Gasteiger partial charge in [-0.3, -0.25) is 0 Å². The second-order valence-electron chi connectivity index (χ2n) is 8.74. The molecule has 3 aliphatic heterocycles. The summed E-state index contributed by atoms with van der Waals surface area (Å²) in [6.07, 6.45) is -20.3. The SMILES string of the molecule is CO[C@H]1[C@@H](O)[C@@H](CO)O[C@@H](O[C@@H]2[C@H](OC)[C@@H](O)[C@H](O[C@@H]3[C@@H](O)[C@@H](O)C(O)O[C@H]3C)O[C@@H]2CO)[C@@H]1O. The van der Waals surface area contributed by atoms with E-state index in [1.54, 1.807) is 0 Å². The Kier molecular flexibility index (Phi) is 10.2. The fourth-order valence-corrected chi connectivity index (χ4v) is 4.55. The molecule has 0 spiro atoms. The summed E-state index contributed by atoms with van der Waals surface area (Å²) in [7, 11) is 2.50. The normalized spacial score (nSPS) is 51.3. The van der Waals surface area contributed by atoms with Gasteiger partial charge in [-0.1, -0.05) is 0 Å². The summed E-state index contributed by atoms with van der Waals surface area (Å²) in [6.45, 7) is 0.219. The standard InChI is InChI=1S/C20H36O15/c1-6-14(10(24)11(25)18(28)31-6)34-20-13(27)17(30-3)15(8(5-22)33-20)35-19-12(26)16(29-2)9(23)7(4-21)32-19/h6-28H,4-5H2,1-3H3/t6-,7+,8+,9-,10-,11+,12+,13+,14-,15-,16-,17+,18?,19-,20-/m0/s1. The zero-order valence-electron chi connectivity index (χ0n) is 19.5. The summed E-state index contributed by atoms with van der Waals surface area (Å²) in [5.41, 5.74) is 0. The van der Waals surface area contributed by atoms with E-state index in [1.807, 2.05) is 0 Å². The highest BCUT2D eigenvalue weighted by atomic mass is 16.8. The Morgan fingerprint density at radius 3 is 1.63 bits per heavy atom. The molecule has 35 heavy (non-hydrogen) atoms. The smallest absolute Gasteiger partial charge is 0.187 e. The molecule has 15 atom stereocenters. The number of hydrogen-bond donors (Lipinski definition) is 8. The predicted molar refractivity (Wildman–Crippen MR) is 109 cm³/mol. The zero-order chi connectivity index (χ0) is 26.0. The van der Waals surface area contributed by atoms with Crippen LogP contribution in [0.25, 0.3) is 0 Å². The lowest BCUT2D eigenvalue weighted by molar-refractivity contribution is -0.378. The van der Waals surface area contributed by atoms with Gasteiger partial charge in [-0.05, 0) is 6.92 Å². The summed E-state index contributed by atoms with van der Waals surface area (Å²) < 4.78 is 38.2. The Morgan fingerprint density at radius 1 is 0.571 bits per heavy atom. The summed E-state index contributed by atoms with van der Waals surface area (Å²) >= 11 is 0. The van der Waals surface area contributed by atoms with Crippen LogP contribution in [0.4, 0.5) is 0 Å². The van der Waals surface area contributed by atoms with Crippen molar-refractivity contribution < 1.29 is 74.0 Å². The molecule has 0 aromatic rings. The van der Waals surface area contributed by atoms with Crippen LogP contribution in [0.3, 0.4) is 0 Å². The minimum atomic E-state index is -1.67. The lowest BCUT2D eigenvalue weighted by atomic mass is 9.96. The third-order valence-electron chi connectivity index (χ3n) is 6.54. The molecule has 15 heteroatoms. The third kappa shape index (κ3) is 5.79. The molecule has 3 fully saturated rings. The molecule has 0 bridgehead atoms. The van der Waals surface area contributed by atoms with Gasteiger partial charge in [0.15, 0.2) is 18.9 Å². The Balaban J connectivity index is 1.76. The van der Waals surface area contributed by atoms with Crippen molar-refractivity contribution in [1.29, 1.82) is 0 Å². The van der Waals surface area contributed by atoms with E-state index in [4.69, 9.17) is 33.2 Å². The van der Waals surface area contributed by atoms with Crippen LogP contribution in [-0.4, -0.2) is 160 Å². The number of aliphatic hydroxyl groups is 8. The van der Waals surface area contributed by atoms with E-state index >= 15 is 0 Å². The molecule has 8 N–H and O–H groups in total. The number of ether oxygens (including phenoxy) is 7. The molecular formula is C20H36O15. The maximum Gasteiger partial charge on any atom is 0.187 e. The van der Waals surface area contributed by atoms with Gasteiger partial charge in [0.05, 0.1) is 19.3 Å². The molecule has 0 saturated carbocycles. The fraction of sp³-hybridized carbons (Fsp3) is 1.00. The maximum absolute atomic E-state index is 10.9. The number of aliphatic hydroxyl groups excluding tert-OH is 8. The molecule has 1 unspecified atom stereocenters. The molecule has 0 aromatic heterocycles. The Morgan fingerprint density at radius 2 is 1.09 bits per heavy atom. The van der Waals surface area contributed by atoms with Gasteiger partial charge in [0.25, 0.3) is 0 Å². The number of rotatable bonds is 8. The molecule has 0 aromatic carbocycles. The van der Waals surface area contributed by atoms with Crippen molar-refractivity contribution in [2.75, 3.05) is 27.4 Å². The first-order chi connectivity index (χ1) is 16.6. The molecule has 0 radical (unpaired) electrons. The van der Waals surface area contributed by atoms with E-state index < -0.39 is 105 Å². The van der Waals surface area contributed by atoms with Crippen molar-refractivity contribution in [3.05, 3.63) is 0 Å². The van der Waals surface area contributed by atoms with Crippen molar-refractivity contribution in [2.24, 2.45) is 0 Å². The van der Waals surface area contributed by atoms with Gasteiger partial charge in [-0.15, -0.1) is 0 Å². The van der Waals surface area contributed by atoms with E-state index in [2.05, 4.69) is 0 Å². The summed E-state index contributed by atoms with van der Waals surface area (Å²) in [6, 6.07) is 0. The minimum absolute atomic E-state index is 0.602. The minimum Gasteiger partial charge on any atom is -0.394 e. The highest BCUT2D eigenvalue weighted by molar-refractivity contribution is 4.96. The largest absolute Gasteiger partial charge is 0.394 e. The Bertz CT molecular complexity index is 656. The first-order valence-corrected chi connectivity index (χ1v) is 11.2. The van der Waals surface area contributed by atoms with Crippen LogP contribution >= 0.6 is 0 Å². The van der Waals surface area contributed by atoms with E-state index in [1.165, 1.54) is 21.1 Å². The number of methoxy groups -OCH3 is 2. The quantitative estimate of drug-likeness (QED) is 0.151. The molecule has 3 aliphatic rings. The lowest BCUT2D eigenvalue weighted by Crippen LogP contribution is -2.66. The molecule has 0 aliphatic carbocycles. The lowest BCUT2D eigenvalue weighted by Gasteiger charge is -2.48. The average molecular weight is 516 g/mol. The summed E-state index contributed by atoms with van der Waals surface area (Å²) in [5, 5.41) is 80.9. The van der Waals surface area contributed by atoms with E-state index in [0.29, 0.717) is 0 Å². The first-order valence-electron chi connectivity index (χ1n) is 11.2. The van der Waals surface area contributed by atoms with Crippen LogP contribution in [0.1, 0.15) is 6.92 Å². The fourth-order valence-electron chi connectivity index (χ4n) is 4.55. The van der Waals surface area contributed by atoms with Crippen LogP contribution in [-0.2, 0) is 33.2 Å². The van der Waals surface area contributed by atoms with Gasteiger partial charge in [0.2, 0.25) is 0 Å². The third-order valence-corrected chi connectivity index (χ3v) is 6.54. The van der Waals surface area contributed by atoms with Gasteiger partial charge in [0, 0.05) is 14.2 Å². The van der Waals surface area contributed by atoms with E-state index in [0.717, 1.165) is 0 Å². The Labute approximate surface area is 201 Å². The molecule has 0 amide bonds. The molecule has 3 rings (SSSR count). The number of hydrogen-bond acceptors (Lipinski definition) is 15. The predicted octanol–water partition coefficient (Wildman–Crippen LogP) is -5.24. The molecule has 3 heterocycles. The molecule has 3 saturated heterocycles. The van der Waals surface area contributed by atoms with E-state index in [-0.39, 0.29) is 0 Å². The monoisotopic (exact) mass is 516 g/mol. The second kappa shape index (κ2) is 12.3. The van der Waals surface area contributed by atoms with Crippen molar-refractivity contribution in [3.8, 4) is 0 Å². The van der Waals surface area contributed by atoms with Crippen LogP contribution < -0.4 is 0 Å². The van der Waals surface area contributed by atoms with Crippen molar-refractivity contribution in [3.63, 3.8) is 0 Å². The van der Waals surface area contributed by atoms with Crippen molar-refractivity contribution in [1.82, 2.24) is 0 Å². The molecule has 15 nitrogen and oxygen atoms in total. The zero-order valence-corrected chi connectivity index (χ0v) is 19.5. The summed E-state index contributed by atoms with van der Waals surface area (Å²) in [5.74, 6) is 0. The van der Waals surface area contributed by atoms with Crippen molar-refractivity contribution >= 4 is 0 Å². The molecular weight excluding hydrogens is 480 g/mol. The van der Waals surface area contributed by atoms with Crippen LogP contribution in [0.2, 0.25) is 0 Å². The van der Waals surface area contributed by atoms with Gasteiger partial charge in [-0.25, -0.2) is 0 Å².